The number of nitrogens with one attached hydrogen (secondary N) is 2. The molecule has 0 radical (unpaired) electrons. The van der Waals surface area contributed by atoms with E-state index in [-0.39, 0.29) is 6.10 Å². The fourth-order valence-electron chi connectivity index (χ4n) is 2.37. The third-order valence-electron chi connectivity index (χ3n) is 3.24. The molecule has 1 aromatic heterocycles. The first-order valence-electron chi connectivity index (χ1n) is 6.01. The molecule has 4 nitrogen and oxygen atoms in total. The van der Waals surface area contributed by atoms with Gasteiger partial charge in [-0.25, -0.2) is 0 Å². The number of rotatable bonds is 2. The van der Waals surface area contributed by atoms with Crippen LogP contribution < -0.4 is 11.1 Å². The Morgan fingerprint density at radius 3 is 3.18 bits per heavy atom. The van der Waals surface area contributed by atoms with E-state index in [0.29, 0.717) is 0 Å². The molecule has 2 aromatic rings. The van der Waals surface area contributed by atoms with Gasteiger partial charge in [0.15, 0.2) is 0 Å². The summed E-state index contributed by atoms with van der Waals surface area (Å²) < 4.78 is 5.72. The average molecular weight is 231 g/mol. The molecule has 0 spiro atoms. The van der Waals surface area contributed by atoms with Gasteiger partial charge in [-0.15, -0.1) is 0 Å². The Morgan fingerprint density at radius 2 is 2.35 bits per heavy atom. The molecule has 0 aliphatic carbocycles. The summed E-state index contributed by atoms with van der Waals surface area (Å²) >= 11 is 0. The lowest BCUT2D eigenvalue weighted by atomic mass is 10.1. The van der Waals surface area contributed by atoms with Gasteiger partial charge in [-0.1, -0.05) is 6.07 Å². The first-order valence-corrected chi connectivity index (χ1v) is 6.01. The molecule has 0 saturated carbocycles. The molecule has 0 amide bonds. The molecule has 2 heterocycles. The van der Waals surface area contributed by atoms with Gasteiger partial charge >= 0.3 is 0 Å². The van der Waals surface area contributed by atoms with Crippen molar-refractivity contribution >= 4 is 16.6 Å². The molecule has 17 heavy (non-hydrogen) atoms. The van der Waals surface area contributed by atoms with Crippen LogP contribution in [0.5, 0.6) is 0 Å². The van der Waals surface area contributed by atoms with Gasteiger partial charge < -0.3 is 20.8 Å². The van der Waals surface area contributed by atoms with E-state index in [2.05, 4.69) is 22.6 Å². The number of hydrogen-bond acceptors (Lipinski definition) is 3. The number of hydrogen-bond donors (Lipinski definition) is 3. The lowest BCUT2D eigenvalue weighted by molar-refractivity contribution is 0.0294. The summed E-state index contributed by atoms with van der Waals surface area (Å²) in [5.74, 6) is 0. The maximum atomic E-state index is 5.76. The molecule has 0 bridgehead atoms. The highest BCUT2D eigenvalue weighted by atomic mass is 16.5. The third-order valence-corrected chi connectivity index (χ3v) is 3.24. The number of morpholine rings is 1. The quantitative estimate of drug-likeness (QED) is 0.682. The monoisotopic (exact) mass is 231 g/mol. The Balaban J connectivity index is 1.84. The number of nitrogens with two attached hydrogens (primary N) is 1. The Labute approximate surface area is 100 Å². The molecular formula is C13H17N3O. The Bertz CT molecular complexity index is 514. The van der Waals surface area contributed by atoms with Crippen LogP contribution in [0.1, 0.15) is 5.56 Å². The van der Waals surface area contributed by atoms with Crippen LogP contribution >= 0.6 is 0 Å². The number of nitrogen functional groups attached to an aromatic ring is 1. The minimum atomic E-state index is 0.278. The minimum Gasteiger partial charge on any atom is -0.399 e. The molecule has 1 atom stereocenters. The Kier molecular flexibility index (Phi) is 2.74. The smallest absolute Gasteiger partial charge is 0.0741 e. The fraction of sp³-hybridized carbons (Fsp3) is 0.385. The number of ether oxygens (including phenoxy) is 1. The standard InChI is InChI=1S/C13H17N3O/c14-10-1-2-12-9(7-16-13(12)6-10)5-11-8-15-3-4-17-11/h1-2,6-7,11,15-16H,3-5,8,14H2. The van der Waals surface area contributed by atoms with Crippen molar-refractivity contribution in [1.82, 2.24) is 10.3 Å². The van der Waals surface area contributed by atoms with Crippen molar-refractivity contribution in [3.63, 3.8) is 0 Å². The zero-order valence-corrected chi connectivity index (χ0v) is 9.70. The molecule has 3 rings (SSSR count). The first kappa shape index (κ1) is 10.6. The van der Waals surface area contributed by atoms with E-state index >= 15 is 0 Å². The van der Waals surface area contributed by atoms with Crippen molar-refractivity contribution in [3.05, 3.63) is 30.0 Å². The van der Waals surface area contributed by atoms with Crippen LogP contribution in [-0.4, -0.2) is 30.8 Å². The molecule has 1 fully saturated rings. The molecule has 1 saturated heterocycles. The van der Waals surface area contributed by atoms with Crippen LogP contribution in [0.3, 0.4) is 0 Å². The summed E-state index contributed by atoms with van der Waals surface area (Å²) in [6.45, 7) is 2.70. The number of aromatic nitrogens is 1. The van der Waals surface area contributed by atoms with Crippen molar-refractivity contribution in [2.75, 3.05) is 25.4 Å². The van der Waals surface area contributed by atoms with Crippen molar-refractivity contribution in [2.45, 2.75) is 12.5 Å². The van der Waals surface area contributed by atoms with E-state index in [1.807, 2.05) is 12.1 Å². The summed E-state index contributed by atoms with van der Waals surface area (Å²) in [5, 5.41) is 4.59. The second-order valence-corrected chi connectivity index (χ2v) is 4.52. The number of fused-ring (bicyclic) bond motifs is 1. The molecular weight excluding hydrogens is 214 g/mol. The SMILES string of the molecule is Nc1ccc2c(CC3CNCCO3)c[nH]c2c1. The van der Waals surface area contributed by atoms with Crippen molar-refractivity contribution in [2.24, 2.45) is 0 Å². The molecule has 1 unspecified atom stereocenters. The van der Waals surface area contributed by atoms with Crippen LogP contribution in [0.15, 0.2) is 24.4 Å². The van der Waals surface area contributed by atoms with Gasteiger partial charge in [-0.2, -0.15) is 0 Å². The summed E-state index contributed by atoms with van der Waals surface area (Å²) in [4.78, 5) is 3.26. The highest BCUT2D eigenvalue weighted by molar-refractivity contribution is 5.85. The van der Waals surface area contributed by atoms with Gasteiger partial charge in [0, 0.05) is 42.3 Å². The van der Waals surface area contributed by atoms with Gasteiger partial charge in [0.2, 0.25) is 0 Å². The predicted octanol–water partition coefficient (Wildman–Crippen LogP) is 1.28. The second kappa shape index (κ2) is 4.39. The molecule has 4 N–H and O–H groups in total. The third kappa shape index (κ3) is 2.14. The Hall–Kier alpha value is -1.52. The van der Waals surface area contributed by atoms with Gasteiger partial charge in [-0.05, 0) is 17.7 Å². The fourth-order valence-corrected chi connectivity index (χ4v) is 2.37. The van der Waals surface area contributed by atoms with Crippen molar-refractivity contribution in [3.8, 4) is 0 Å². The largest absolute Gasteiger partial charge is 0.399 e. The van der Waals surface area contributed by atoms with Crippen LogP contribution in [0, 0.1) is 0 Å². The van der Waals surface area contributed by atoms with E-state index < -0.39 is 0 Å². The average Bonchev–Trinajstić information content (AvgIpc) is 2.73. The van der Waals surface area contributed by atoms with Gasteiger partial charge in [0.1, 0.15) is 0 Å². The Morgan fingerprint density at radius 1 is 1.41 bits per heavy atom. The van der Waals surface area contributed by atoms with Crippen molar-refractivity contribution in [1.29, 1.82) is 0 Å². The molecule has 1 aromatic carbocycles. The summed E-state index contributed by atoms with van der Waals surface area (Å²) in [5.41, 5.74) is 8.96. The molecule has 90 valence electrons. The lowest BCUT2D eigenvalue weighted by Crippen LogP contribution is -2.39. The topological polar surface area (TPSA) is 63.1 Å². The highest BCUT2D eigenvalue weighted by Crippen LogP contribution is 2.22. The molecule has 1 aliphatic heterocycles. The summed E-state index contributed by atoms with van der Waals surface area (Å²) in [6.07, 6.45) is 3.28. The van der Waals surface area contributed by atoms with E-state index in [9.17, 15) is 0 Å². The predicted molar refractivity (Wildman–Crippen MR) is 69.0 cm³/mol. The number of benzene rings is 1. The lowest BCUT2D eigenvalue weighted by Gasteiger charge is -2.23. The maximum Gasteiger partial charge on any atom is 0.0741 e. The zero-order chi connectivity index (χ0) is 11.7. The minimum absolute atomic E-state index is 0.278. The van der Waals surface area contributed by atoms with Gasteiger partial charge in [-0.3, -0.25) is 0 Å². The van der Waals surface area contributed by atoms with Crippen molar-refractivity contribution < 1.29 is 4.74 Å². The normalized spacial score (nSPS) is 20.8. The van der Waals surface area contributed by atoms with Gasteiger partial charge in [0.25, 0.3) is 0 Å². The van der Waals surface area contributed by atoms with Gasteiger partial charge in [0.05, 0.1) is 12.7 Å². The van der Waals surface area contributed by atoms with Crippen LogP contribution in [-0.2, 0) is 11.2 Å². The maximum absolute atomic E-state index is 5.76. The van der Waals surface area contributed by atoms with Crippen LogP contribution in [0.4, 0.5) is 5.69 Å². The van der Waals surface area contributed by atoms with Crippen LogP contribution in [0.2, 0.25) is 0 Å². The number of anilines is 1. The molecule has 4 heteroatoms. The van der Waals surface area contributed by atoms with Crippen LogP contribution in [0.25, 0.3) is 10.9 Å². The summed E-state index contributed by atoms with van der Waals surface area (Å²) in [7, 11) is 0. The number of aromatic amines is 1. The van der Waals surface area contributed by atoms with E-state index in [0.717, 1.165) is 37.3 Å². The van der Waals surface area contributed by atoms with E-state index in [4.69, 9.17) is 10.5 Å². The zero-order valence-electron chi connectivity index (χ0n) is 9.70. The summed E-state index contributed by atoms with van der Waals surface area (Å²) in [6, 6.07) is 5.99. The van der Waals surface area contributed by atoms with E-state index in [1.165, 1.54) is 10.9 Å². The highest BCUT2D eigenvalue weighted by Gasteiger charge is 2.15. The van der Waals surface area contributed by atoms with E-state index in [1.54, 1.807) is 0 Å². The molecule has 1 aliphatic rings. The number of H-pyrrole nitrogens is 1. The first-order chi connectivity index (χ1) is 8.33. The second-order valence-electron chi connectivity index (χ2n) is 4.52.